The maximum atomic E-state index is 12.8. The quantitative estimate of drug-likeness (QED) is 0.454. The fourth-order valence-corrected chi connectivity index (χ4v) is 6.20. The third kappa shape index (κ3) is 3.41. The van der Waals surface area contributed by atoms with Crippen molar-refractivity contribution >= 4 is 28.5 Å². The summed E-state index contributed by atoms with van der Waals surface area (Å²) in [4.78, 5) is 37.9. The molecule has 2 aliphatic rings. The number of thiophene rings is 1. The molecular weight excluding hydrogens is 426 g/mol. The first-order chi connectivity index (χ1) is 15.5. The average molecular weight is 456 g/mol. The van der Waals surface area contributed by atoms with Gasteiger partial charge in [0.1, 0.15) is 0 Å². The largest absolute Gasteiger partial charge is 0.343 e. The molecule has 0 aromatic carbocycles. The van der Waals surface area contributed by atoms with Crippen molar-refractivity contribution in [1.29, 1.82) is 5.41 Å². The van der Waals surface area contributed by atoms with Crippen molar-refractivity contribution in [2.75, 3.05) is 13.1 Å². The summed E-state index contributed by atoms with van der Waals surface area (Å²) in [5.41, 5.74) is -0.425. The van der Waals surface area contributed by atoms with Gasteiger partial charge in [0.15, 0.2) is 11.2 Å². The van der Waals surface area contributed by atoms with Crippen LogP contribution >= 0.6 is 11.3 Å². The van der Waals surface area contributed by atoms with Crippen molar-refractivity contribution in [3.63, 3.8) is 0 Å². The maximum Gasteiger partial charge on any atom is 0.337 e. The van der Waals surface area contributed by atoms with E-state index in [4.69, 9.17) is 5.41 Å². The van der Waals surface area contributed by atoms with Gasteiger partial charge in [0.2, 0.25) is 5.96 Å². The molecule has 10 heteroatoms. The Labute approximate surface area is 189 Å². The van der Waals surface area contributed by atoms with E-state index in [2.05, 4.69) is 32.4 Å². The summed E-state index contributed by atoms with van der Waals surface area (Å²) in [7, 11) is 0. The molecule has 32 heavy (non-hydrogen) atoms. The van der Waals surface area contributed by atoms with Crippen LogP contribution in [0.3, 0.4) is 0 Å². The van der Waals surface area contributed by atoms with E-state index in [0.29, 0.717) is 30.8 Å². The molecule has 2 aliphatic heterocycles. The van der Waals surface area contributed by atoms with Crippen molar-refractivity contribution in [1.82, 2.24) is 28.9 Å². The molecule has 5 rings (SSSR count). The first-order valence-electron chi connectivity index (χ1n) is 11.4. The van der Waals surface area contributed by atoms with Crippen LogP contribution in [-0.4, -0.2) is 60.0 Å². The van der Waals surface area contributed by atoms with Gasteiger partial charge in [-0.15, -0.1) is 11.3 Å². The number of piperidine rings is 1. The van der Waals surface area contributed by atoms with Gasteiger partial charge in [-0.3, -0.25) is 20.1 Å². The number of nitrogens with one attached hydrogen (secondary N) is 2. The molecule has 0 radical (unpaired) electrons. The lowest BCUT2D eigenvalue weighted by atomic mass is 9.97. The number of hydrogen-bond donors (Lipinski definition) is 2. The van der Waals surface area contributed by atoms with E-state index in [1.54, 1.807) is 22.6 Å². The van der Waals surface area contributed by atoms with Crippen LogP contribution in [0.15, 0.2) is 33.4 Å². The molecule has 2 atom stereocenters. The van der Waals surface area contributed by atoms with E-state index in [9.17, 15) is 9.59 Å². The van der Waals surface area contributed by atoms with Crippen LogP contribution in [0, 0.1) is 5.41 Å². The van der Waals surface area contributed by atoms with Gasteiger partial charge in [-0.1, -0.05) is 6.07 Å². The smallest absolute Gasteiger partial charge is 0.337 e. The molecule has 3 aromatic rings. The van der Waals surface area contributed by atoms with Crippen LogP contribution in [0.1, 0.15) is 50.4 Å². The van der Waals surface area contributed by atoms with Crippen LogP contribution in [0.2, 0.25) is 0 Å². The van der Waals surface area contributed by atoms with Crippen LogP contribution in [-0.2, 0) is 6.54 Å². The Kier molecular flexibility index (Phi) is 5.50. The molecule has 5 heterocycles. The Balaban J connectivity index is 1.52. The minimum atomic E-state index is -0.584. The number of nitrogens with zero attached hydrogens (tertiary/aromatic N) is 5. The summed E-state index contributed by atoms with van der Waals surface area (Å²) in [6.45, 7) is 6.08. The zero-order valence-electron chi connectivity index (χ0n) is 18.5. The Morgan fingerprint density at radius 3 is 2.56 bits per heavy atom. The van der Waals surface area contributed by atoms with Gasteiger partial charge in [0.25, 0.3) is 5.56 Å². The summed E-state index contributed by atoms with van der Waals surface area (Å²) < 4.78 is 3.30. The van der Waals surface area contributed by atoms with Gasteiger partial charge in [-0.05, 0) is 51.0 Å². The van der Waals surface area contributed by atoms with Gasteiger partial charge in [-0.25, -0.2) is 14.3 Å². The molecule has 2 unspecified atom stereocenters. The number of H-pyrrole nitrogens is 1. The summed E-state index contributed by atoms with van der Waals surface area (Å²) in [5.74, 6) is 0.0705. The summed E-state index contributed by atoms with van der Waals surface area (Å²) in [6.07, 6.45) is 5.92. The molecule has 0 spiro atoms. The van der Waals surface area contributed by atoms with Crippen molar-refractivity contribution in [2.24, 2.45) is 0 Å². The second-order valence-corrected chi connectivity index (χ2v) is 9.71. The van der Waals surface area contributed by atoms with Crippen molar-refractivity contribution in [2.45, 2.75) is 64.2 Å². The normalized spacial score (nSPS) is 23.1. The first kappa shape index (κ1) is 21.1. The molecule has 0 saturated carbocycles. The predicted octanol–water partition coefficient (Wildman–Crippen LogP) is 2.44. The molecule has 9 nitrogen and oxygen atoms in total. The van der Waals surface area contributed by atoms with Crippen LogP contribution in [0.5, 0.6) is 0 Å². The van der Waals surface area contributed by atoms with E-state index in [-0.39, 0.29) is 17.5 Å². The Morgan fingerprint density at radius 2 is 1.94 bits per heavy atom. The average Bonchev–Trinajstić information content (AvgIpc) is 3.49. The summed E-state index contributed by atoms with van der Waals surface area (Å²) >= 11 is 1.80. The molecule has 3 aromatic heterocycles. The van der Waals surface area contributed by atoms with Gasteiger partial charge < -0.3 is 9.47 Å². The second kappa shape index (κ2) is 8.32. The number of fused-ring (bicyclic) bond motifs is 3. The minimum Gasteiger partial charge on any atom is -0.343 e. The predicted molar refractivity (Wildman–Crippen MR) is 126 cm³/mol. The zero-order valence-corrected chi connectivity index (χ0v) is 19.3. The van der Waals surface area contributed by atoms with Crippen molar-refractivity contribution in [3.05, 3.63) is 49.6 Å². The number of rotatable bonds is 5. The van der Waals surface area contributed by atoms with E-state index in [0.717, 1.165) is 19.4 Å². The Morgan fingerprint density at radius 1 is 1.22 bits per heavy atom. The zero-order chi connectivity index (χ0) is 22.4. The number of hydrogen-bond acceptors (Lipinski definition) is 6. The highest BCUT2D eigenvalue weighted by Crippen LogP contribution is 2.42. The fourth-order valence-electron chi connectivity index (χ4n) is 5.49. The fraction of sp³-hybridized carbons (Fsp3) is 0.545. The monoisotopic (exact) mass is 455 g/mol. The lowest BCUT2D eigenvalue weighted by Crippen LogP contribution is -2.45. The highest BCUT2D eigenvalue weighted by Gasteiger charge is 2.42. The third-order valence-corrected chi connectivity index (χ3v) is 7.93. The Bertz CT molecular complexity index is 1220. The van der Waals surface area contributed by atoms with Crippen LogP contribution in [0.4, 0.5) is 0 Å². The lowest BCUT2D eigenvalue weighted by molar-refractivity contribution is 0.101. The van der Waals surface area contributed by atoms with E-state index < -0.39 is 11.2 Å². The highest BCUT2D eigenvalue weighted by molar-refractivity contribution is 7.09. The van der Waals surface area contributed by atoms with Crippen LogP contribution < -0.4 is 11.2 Å². The molecule has 0 amide bonds. The van der Waals surface area contributed by atoms with Gasteiger partial charge in [-0.2, -0.15) is 0 Å². The molecule has 2 fully saturated rings. The molecular formula is C22H29N7O2S. The molecule has 2 saturated heterocycles. The second-order valence-electron chi connectivity index (χ2n) is 8.68. The maximum absolute atomic E-state index is 12.8. The van der Waals surface area contributed by atoms with E-state index >= 15 is 0 Å². The topological polar surface area (TPSA) is 103 Å². The number of aromatic nitrogens is 4. The van der Waals surface area contributed by atoms with Gasteiger partial charge >= 0.3 is 5.69 Å². The van der Waals surface area contributed by atoms with E-state index in [1.165, 1.54) is 22.3 Å². The highest BCUT2D eigenvalue weighted by atomic mass is 32.1. The molecule has 0 aliphatic carbocycles. The third-order valence-electron chi connectivity index (χ3n) is 7.06. The molecule has 2 bridgehead atoms. The van der Waals surface area contributed by atoms with E-state index in [1.807, 2.05) is 18.4 Å². The number of aromatic amines is 1. The van der Waals surface area contributed by atoms with Crippen molar-refractivity contribution in [3.8, 4) is 0 Å². The molecule has 2 N–H and O–H groups in total. The Hall–Kier alpha value is -2.72. The SMILES string of the molecule is CCN(CC)C(=N)n1c(=O)[nH]c(=O)c2ncn(C3CC4CCC(C3)N4Cc3cccs3)c21. The van der Waals surface area contributed by atoms with Crippen molar-refractivity contribution < 1.29 is 0 Å². The first-order valence-corrected chi connectivity index (χ1v) is 12.2. The summed E-state index contributed by atoms with van der Waals surface area (Å²) in [6, 6.07) is 5.40. The number of imidazole rings is 1. The molecule has 170 valence electrons. The summed E-state index contributed by atoms with van der Waals surface area (Å²) in [5, 5.41) is 10.8. The van der Waals surface area contributed by atoms with Crippen LogP contribution in [0.25, 0.3) is 11.2 Å². The minimum absolute atomic E-state index is 0.0705. The van der Waals surface area contributed by atoms with Gasteiger partial charge in [0.05, 0.1) is 6.33 Å². The van der Waals surface area contributed by atoms with Gasteiger partial charge in [0, 0.05) is 42.6 Å². The lowest BCUT2D eigenvalue weighted by Gasteiger charge is -2.39. The standard InChI is InChI=1S/C22H29N7O2S/c1-3-26(4-2)21(23)29-20-18(19(30)25-22(29)31)24-13-28(20)16-10-14-7-8-15(11-16)27(14)12-17-6-5-9-32-17/h5-6,9,13-16,23H,3-4,7-8,10-12H2,1-2H3,(H,25,30,31).